The van der Waals surface area contributed by atoms with Gasteiger partial charge in [-0.05, 0) is 18.2 Å². The molecule has 92 valence electrons. The fourth-order valence-electron chi connectivity index (χ4n) is 1.22. The monoisotopic (exact) mass is 240 g/mol. The minimum absolute atomic E-state index is 0.170. The summed E-state index contributed by atoms with van der Waals surface area (Å²) in [5, 5.41) is 10.5. The molecule has 0 spiro atoms. The van der Waals surface area contributed by atoms with E-state index < -0.39 is 24.2 Å². The fourth-order valence-corrected chi connectivity index (χ4v) is 1.22. The van der Waals surface area contributed by atoms with Gasteiger partial charge in [0.25, 0.3) is 5.91 Å². The quantitative estimate of drug-likeness (QED) is 0.813. The first-order valence-electron chi connectivity index (χ1n) is 4.88. The van der Waals surface area contributed by atoms with Crippen LogP contribution < -0.4 is 10.2 Å². The molecule has 0 saturated carbocycles. The zero-order valence-corrected chi connectivity index (χ0v) is 9.53. The lowest BCUT2D eigenvalue weighted by Gasteiger charge is -2.13. The second-order valence-corrected chi connectivity index (χ2v) is 3.63. The topological polar surface area (TPSA) is 69.6 Å². The third kappa shape index (κ3) is 3.44. The standard InChI is InChI=1S/C11H13FN2O3/c1-14(2)7-3-4-8(9(12)5-7)11(17)13-6-10(15)16/h3-5H,6H2,1-2H3,(H,13,17)(H,15,16). The van der Waals surface area contributed by atoms with E-state index in [2.05, 4.69) is 5.32 Å². The molecular formula is C11H13FN2O3. The lowest BCUT2D eigenvalue weighted by Crippen LogP contribution is -2.29. The van der Waals surface area contributed by atoms with Gasteiger partial charge in [0.15, 0.2) is 0 Å². The van der Waals surface area contributed by atoms with Gasteiger partial charge in [0.2, 0.25) is 0 Å². The molecule has 0 saturated heterocycles. The molecule has 1 aromatic rings. The van der Waals surface area contributed by atoms with E-state index in [1.165, 1.54) is 12.1 Å². The van der Waals surface area contributed by atoms with Crippen molar-refractivity contribution < 1.29 is 19.1 Å². The highest BCUT2D eigenvalue weighted by Gasteiger charge is 2.13. The summed E-state index contributed by atoms with van der Waals surface area (Å²) in [4.78, 5) is 23.4. The maximum absolute atomic E-state index is 13.6. The van der Waals surface area contributed by atoms with Crippen LogP contribution in [0.4, 0.5) is 10.1 Å². The smallest absolute Gasteiger partial charge is 0.322 e. The molecular weight excluding hydrogens is 227 g/mol. The van der Waals surface area contributed by atoms with Crippen LogP contribution in [-0.4, -0.2) is 37.6 Å². The number of rotatable bonds is 4. The summed E-state index contributed by atoms with van der Waals surface area (Å²) in [6, 6.07) is 4.12. The minimum atomic E-state index is -1.18. The summed E-state index contributed by atoms with van der Waals surface area (Å²) < 4.78 is 13.6. The molecule has 0 atom stereocenters. The molecule has 0 bridgehead atoms. The van der Waals surface area contributed by atoms with Gasteiger partial charge in [-0.1, -0.05) is 0 Å². The molecule has 0 aliphatic rings. The molecule has 2 N–H and O–H groups in total. The molecule has 6 heteroatoms. The second kappa shape index (κ2) is 5.29. The van der Waals surface area contributed by atoms with E-state index in [0.29, 0.717) is 5.69 Å². The molecule has 0 fully saturated rings. The van der Waals surface area contributed by atoms with Crippen LogP contribution >= 0.6 is 0 Å². The molecule has 1 rings (SSSR count). The Morgan fingerprint density at radius 3 is 2.53 bits per heavy atom. The molecule has 0 aliphatic heterocycles. The zero-order chi connectivity index (χ0) is 13.0. The van der Waals surface area contributed by atoms with Crippen molar-refractivity contribution in [1.82, 2.24) is 5.32 Å². The predicted molar refractivity (Wildman–Crippen MR) is 60.7 cm³/mol. The summed E-state index contributed by atoms with van der Waals surface area (Å²) in [7, 11) is 3.50. The van der Waals surface area contributed by atoms with Gasteiger partial charge in [0.05, 0.1) is 5.56 Å². The van der Waals surface area contributed by atoms with E-state index in [1.54, 1.807) is 25.1 Å². The molecule has 1 aromatic carbocycles. The van der Waals surface area contributed by atoms with Crippen molar-refractivity contribution in [2.45, 2.75) is 0 Å². The van der Waals surface area contributed by atoms with Crippen molar-refractivity contribution in [3.8, 4) is 0 Å². The van der Waals surface area contributed by atoms with Crippen molar-refractivity contribution >= 4 is 17.6 Å². The summed E-state index contributed by atoms with van der Waals surface area (Å²) in [5.74, 6) is -2.60. The zero-order valence-electron chi connectivity index (χ0n) is 9.53. The first-order valence-corrected chi connectivity index (χ1v) is 4.88. The van der Waals surface area contributed by atoms with Crippen LogP contribution in [0.5, 0.6) is 0 Å². The minimum Gasteiger partial charge on any atom is -0.480 e. The Morgan fingerprint density at radius 2 is 2.06 bits per heavy atom. The van der Waals surface area contributed by atoms with Crippen molar-refractivity contribution in [2.24, 2.45) is 0 Å². The van der Waals surface area contributed by atoms with Gasteiger partial charge >= 0.3 is 5.97 Å². The summed E-state index contributed by atoms with van der Waals surface area (Å²) in [6.07, 6.45) is 0. The molecule has 0 aliphatic carbocycles. The first kappa shape index (κ1) is 13.0. The van der Waals surface area contributed by atoms with Crippen LogP contribution in [0.2, 0.25) is 0 Å². The summed E-state index contributed by atoms with van der Waals surface area (Å²) >= 11 is 0. The van der Waals surface area contributed by atoms with Gasteiger partial charge in [-0.15, -0.1) is 0 Å². The van der Waals surface area contributed by atoms with Crippen molar-refractivity contribution in [2.75, 3.05) is 25.5 Å². The highest BCUT2D eigenvalue weighted by molar-refractivity contribution is 5.96. The van der Waals surface area contributed by atoms with Gasteiger partial charge in [0, 0.05) is 19.8 Å². The third-order valence-corrected chi connectivity index (χ3v) is 2.11. The number of halogens is 1. The normalized spacial score (nSPS) is 9.82. The van der Waals surface area contributed by atoms with Crippen molar-refractivity contribution in [3.05, 3.63) is 29.6 Å². The average Bonchev–Trinajstić information content (AvgIpc) is 2.25. The number of carbonyl (C=O) groups excluding carboxylic acids is 1. The van der Waals surface area contributed by atoms with Gasteiger partial charge < -0.3 is 15.3 Å². The van der Waals surface area contributed by atoms with E-state index in [4.69, 9.17) is 5.11 Å². The van der Waals surface area contributed by atoms with E-state index in [1.807, 2.05) is 0 Å². The lowest BCUT2D eigenvalue weighted by molar-refractivity contribution is -0.135. The average molecular weight is 240 g/mol. The van der Waals surface area contributed by atoms with E-state index >= 15 is 0 Å². The summed E-state index contributed by atoms with van der Waals surface area (Å²) in [5.41, 5.74) is 0.453. The Balaban J connectivity index is 2.85. The largest absolute Gasteiger partial charge is 0.480 e. The number of anilines is 1. The highest BCUT2D eigenvalue weighted by atomic mass is 19.1. The van der Waals surface area contributed by atoms with E-state index in [-0.39, 0.29) is 5.56 Å². The maximum Gasteiger partial charge on any atom is 0.322 e. The molecule has 0 heterocycles. The van der Waals surface area contributed by atoms with E-state index in [0.717, 1.165) is 0 Å². The number of nitrogens with zero attached hydrogens (tertiary/aromatic N) is 1. The Morgan fingerprint density at radius 1 is 1.41 bits per heavy atom. The summed E-state index contributed by atoms with van der Waals surface area (Å²) in [6.45, 7) is -0.534. The van der Waals surface area contributed by atoms with Crippen LogP contribution in [0.1, 0.15) is 10.4 Å². The molecule has 0 aromatic heterocycles. The number of hydrogen-bond acceptors (Lipinski definition) is 3. The predicted octanol–water partition coefficient (Wildman–Crippen LogP) is 0.706. The van der Waals surface area contributed by atoms with Crippen LogP contribution in [-0.2, 0) is 4.79 Å². The number of benzene rings is 1. The van der Waals surface area contributed by atoms with Gasteiger partial charge in [-0.25, -0.2) is 4.39 Å². The Bertz CT molecular complexity index is 446. The third-order valence-electron chi connectivity index (χ3n) is 2.11. The Labute approximate surface area is 97.8 Å². The van der Waals surface area contributed by atoms with Gasteiger partial charge in [0.1, 0.15) is 12.4 Å². The number of amides is 1. The van der Waals surface area contributed by atoms with E-state index in [9.17, 15) is 14.0 Å². The Kier molecular flexibility index (Phi) is 4.03. The van der Waals surface area contributed by atoms with Crippen LogP contribution in [0.25, 0.3) is 0 Å². The highest BCUT2D eigenvalue weighted by Crippen LogP contribution is 2.16. The number of carboxylic acid groups (broad SMARTS) is 1. The first-order chi connectivity index (χ1) is 7.91. The van der Waals surface area contributed by atoms with Crippen LogP contribution in [0, 0.1) is 5.82 Å². The lowest BCUT2D eigenvalue weighted by atomic mass is 10.1. The SMILES string of the molecule is CN(C)c1ccc(C(=O)NCC(=O)O)c(F)c1. The number of nitrogens with one attached hydrogen (secondary N) is 1. The molecule has 5 nitrogen and oxygen atoms in total. The van der Waals surface area contributed by atoms with Gasteiger partial charge in [-0.2, -0.15) is 0 Å². The fraction of sp³-hybridized carbons (Fsp3) is 0.273. The van der Waals surface area contributed by atoms with Crippen LogP contribution in [0.15, 0.2) is 18.2 Å². The molecule has 17 heavy (non-hydrogen) atoms. The van der Waals surface area contributed by atoms with Gasteiger partial charge in [-0.3, -0.25) is 9.59 Å². The Hall–Kier alpha value is -2.11. The number of hydrogen-bond donors (Lipinski definition) is 2. The van der Waals surface area contributed by atoms with Crippen molar-refractivity contribution in [3.63, 3.8) is 0 Å². The van der Waals surface area contributed by atoms with Crippen LogP contribution in [0.3, 0.4) is 0 Å². The molecule has 0 unspecified atom stereocenters. The molecule has 0 radical (unpaired) electrons. The van der Waals surface area contributed by atoms with Crippen molar-refractivity contribution in [1.29, 1.82) is 0 Å². The number of carbonyl (C=O) groups is 2. The second-order valence-electron chi connectivity index (χ2n) is 3.63. The molecule has 1 amide bonds. The number of aliphatic carboxylic acids is 1. The number of carboxylic acids is 1. The maximum atomic E-state index is 13.6.